The summed E-state index contributed by atoms with van der Waals surface area (Å²) in [5.41, 5.74) is 1.77. The van der Waals surface area contributed by atoms with Crippen LogP contribution in [0.5, 0.6) is 0 Å². The van der Waals surface area contributed by atoms with Crippen molar-refractivity contribution in [2.24, 2.45) is 5.92 Å². The van der Waals surface area contributed by atoms with Gasteiger partial charge in [0, 0.05) is 15.7 Å². The standard InChI is InChI=1S/C21H23BrFN3O3/c1-12(2)19(26-20(28)14-4-7-16(23)8-5-14)21(29)24-11-18(27)25-17-9-6-15(22)10-13(17)3/h4-10,12,19H,11H2,1-3H3,(H,24,29)(H,25,27)(H,26,28). The van der Waals surface area contributed by atoms with E-state index in [0.717, 1.165) is 10.0 Å². The first kappa shape index (κ1) is 22.5. The van der Waals surface area contributed by atoms with E-state index in [1.54, 1.807) is 26.0 Å². The number of anilines is 1. The summed E-state index contributed by atoms with van der Waals surface area (Å²) in [6.45, 7) is 5.18. The molecule has 3 amide bonds. The molecule has 0 bridgehead atoms. The van der Waals surface area contributed by atoms with Crippen LogP contribution in [0.15, 0.2) is 46.9 Å². The average Bonchev–Trinajstić information content (AvgIpc) is 2.66. The van der Waals surface area contributed by atoms with E-state index in [1.165, 1.54) is 24.3 Å². The Labute approximate surface area is 177 Å². The fraction of sp³-hybridized carbons (Fsp3) is 0.286. The monoisotopic (exact) mass is 463 g/mol. The van der Waals surface area contributed by atoms with Crippen LogP contribution < -0.4 is 16.0 Å². The van der Waals surface area contributed by atoms with Gasteiger partial charge in [-0.1, -0.05) is 29.8 Å². The number of carbonyl (C=O) groups excluding carboxylic acids is 3. The molecule has 3 N–H and O–H groups in total. The lowest BCUT2D eigenvalue weighted by atomic mass is 10.0. The van der Waals surface area contributed by atoms with Crippen LogP contribution in [0.25, 0.3) is 0 Å². The van der Waals surface area contributed by atoms with Crippen LogP contribution in [-0.2, 0) is 9.59 Å². The van der Waals surface area contributed by atoms with E-state index in [0.29, 0.717) is 5.69 Å². The van der Waals surface area contributed by atoms with Gasteiger partial charge < -0.3 is 16.0 Å². The predicted molar refractivity (Wildman–Crippen MR) is 113 cm³/mol. The molecule has 2 aromatic rings. The first-order valence-electron chi connectivity index (χ1n) is 9.07. The van der Waals surface area contributed by atoms with Crippen molar-refractivity contribution in [2.45, 2.75) is 26.8 Å². The molecule has 0 aromatic heterocycles. The number of halogens is 2. The molecule has 2 aromatic carbocycles. The van der Waals surface area contributed by atoms with Crippen molar-refractivity contribution in [3.8, 4) is 0 Å². The van der Waals surface area contributed by atoms with E-state index in [2.05, 4.69) is 31.9 Å². The minimum absolute atomic E-state index is 0.212. The Morgan fingerprint density at radius 3 is 2.31 bits per heavy atom. The zero-order chi connectivity index (χ0) is 21.6. The Hall–Kier alpha value is -2.74. The average molecular weight is 464 g/mol. The second-order valence-corrected chi connectivity index (χ2v) is 7.84. The van der Waals surface area contributed by atoms with Crippen LogP contribution in [0.4, 0.5) is 10.1 Å². The van der Waals surface area contributed by atoms with Crippen LogP contribution in [0.1, 0.15) is 29.8 Å². The highest BCUT2D eigenvalue weighted by atomic mass is 79.9. The second kappa shape index (κ2) is 10.2. The number of nitrogens with one attached hydrogen (secondary N) is 3. The molecule has 0 fully saturated rings. The van der Waals surface area contributed by atoms with Gasteiger partial charge in [-0.15, -0.1) is 0 Å². The number of rotatable bonds is 7. The van der Waals surface area contributed by atoms with Crippen molar-refractivity contribution in [1.29, 1.82) is 0 Å². The SMILES string of the molecule is Cc1cc(Br)ccc1NC(=O)CNC(=O)C(NC(=O)c1ccc(F)cc1)C(C)C. The maximum atomic E-state index is 13.0. The maximum absolute atomic E-state index is 13.0. The molecular weight excluding hydrogens is 441 g/mol. The Balaban J connectivity index is 1.94. The first-order valence-corrected chi connectivity index (χ1v) is 9.87. The summed E-state index contributed by atoms with van der Waals surface area (Å²) < 4.78 is 13.9. The minimum atomic E-state index is -0.838. The predicted octanol–water partition coefficient (Wildman–Crippen LogP) is 3.41. The molecule has 0 saturated carbocycles. The lowest BCUT2D eigenvalue weighted by Crippen LogP contribution is -2.51. The number of hydrogen-bond donors (Lipinski definition) is 3. The maximum Gasteiger partial charge on any atom is 0.251 e. The highest BCUT2D eigenvalue weighted by Crippen LogP contribution is 2.19. The van der Waals surface area contributed by atoms with Crippen LogP contribution in [0, 0.1) is 18.7 Å². The molecular formula is C21H23BrFN3O3. The van der Waals surface area contributed by atoms with Gasteiger partial charge in [-0.3, -0.25) is 14.4 Å². The van der Waals surface area contributed by atoms with E-state index in [4.69, 9.17) is 0 Å². The molecule has 0 spiro atoms. The Kier molecular flexibility index (Phi) is 7.90. The number of benzene rings is 2. The van der Waals surface area contributed by atoms with E-state index in [1.807, 2.05) is 13.0 Å². The third-order valence-corrected chi connectivity index (χ3v) is 4.72. The molecule has 0 aliphatic heterocycles. The Morgan fingerprint density at radius 2 is 1.72 bits per heavy atom. The summed E-state index contributed by atoms with van der Waals surface area (Å²) in [7, 11) is 0. The van der Waals surface area contributed by atoms with Crippen molar-refractivity contribution in [3.63, 3.8) is 0 Å². The third kappa shape index (κ3) is 6.67. The summed E-state index contributed by atoms with van der Waals surface area (Å²) >= 11 is 3.36. The summed E-state index contributed by atoms with van der Waals surface area (Å²) in [6.07, 6.45) is 0. The van der Waals surface area contributed by atoms with Gasteiger partial charge in [0.15, 0.2) is 0 Å². The Bertz CT molecular complexity index is 901. The van der Waals surface area contributed by atoms with Gasteiger partial charge in [0.05, 0.1) is 6.54 Å². The fourth-order valence-corrected chi connectivity index (χ4v) is 3.08. The van der Waals surface area contributed by atoms with E-state index >= 15 is 0 Å². The normalized spacial score (nSPS) is 11.7. The van der Waals surface area contributed by atoms with Gasteiger partial charge in [-0.05, 0) is 60.9 Å². The van der Waals surface area contributed by atoms with Crippen LogP contribution in [-0.4, -0.2) is 30.3 Å². The van der Waals surface area contributed by atoms with Gasteiger partial charge in [-0.2, -0.15) is 0 Å². The van der Waals surface area contributed by atoms with Crippen LogP contribution in [0.3, 0.4) is 0 Å². The number of hydrogen-bond acceptors (Lipinski definition) is 3. The van der Waals surface area contributed by atoms with Gasteiger partial charge >= 0.3 is 0 Å². The zero-order valence-electron chi connectivity index (χ0n) is 16.4. The fourth-order valence-electron chi connectivity index (χ4n) is 2.60. The highest BCUT2D eigenvalue weighted by Gasteiger charge is 2.25. The zero-order valence-corrected chi connectivity index (χ0v) is 18.0. The molecule has 2 rings (SSSR count). The highest BCUT2D eigenvalue weighted by molar-refractivity contribution is 9.10. The Morgan fingerprint density at radius 1 is 1.07 bits per heavy atom. The van der Waals surface area contributed by atoms with Gasteiger partial charge in [0.1, 0.15) is 11.9 Å². The number of aryl methyl sites for hydroxylation is 1. The molecule has 0 heterocycles. The second-order valence-electron chi connectivity index (χ2n) is 6.93. The lowest BCUT2D eigenvalue weighted by Gasteiger charge is -2.21. The molecule has 0 radical (unpaired) electrons. The lowest BCUT2D eigenvalue weighted by molar-refractivity contribution is -0.126. The van der Waals surface area contributed by atoms with Crippen molar-refractivity contribution in [1.82, 2.24) is 10.6 Å². The van der Waals surface area contributed by atoms with E-state index in [9.17, 15) is 18.8 Å². The largest absolute Gasteiger partial charge is 0.345 e. The molecule has 154 valence electrons. The van der Waals surface area contributed by atoms with Gasteiger partial charge in [0.25, 0.3) is 5.91 Å². The van der Waals surface area contributed by atoms with Crippen molar-refractivity contribution >= 4 is 39.3 Å². The van der Waals surface area contributed by atoms with Crippen LogP contribution in [0.2, 0.25) is 0 Å². The number of amides is 3. The molecule has 1 atom stereocenters. The molecule has 0 saturated heterocycles. The molecule has 6 nitrogen and oxygen atoms in total. The summed E-state index contributed by atoms with van der Waals surface area (Å²) in [5.74, 6) is -2.01. The molecule has 8 heteroatoms. The molecule has 0 aliphatic rings. The quantitative estimate of drug-likeness (QED) is 0.587. The molecule has 0 aliphatic carbocycles. The smallest absolute Gasteiger partial charge is 0.251 e. The summed E-state index contributed by atoms with van der Waals surface area (Å²) in [4.78, 5) is 37.0. The summed E-state index contributed by atoms with van der Waals surface area (Å²) in [5, 5.41) is 7.91. The van der Waals surface area contributed by atoms with E-state index < -0.39 is 23.7 Å². The third-order valence-electron chi connectivity index (χ3n) is 4.23. The topological polar surface area (TPSA) is 87.3 Å². The van der Waals surface area contributed by atoms with Crippen molar-refractivity contribution in [3.05, 3.63) is 63.9 Å². The molecule has 29 heavy (non-hydrogen) atoms. The van der Waals surface area contributed by atoms with Gasteiger partial charge in [0.2, 0.25) is 11.8 Å². The number of carbonyl (C=O) groups is 3. The van der Waals surface area contributed by atoms with Gasteiger partial charge in [-0.25, -0.2) is 4.39 Å². The minimum Gasteiger partial charge on any atom is -0.345 e. The first-order chi connectivity index (χ1) is 13.7. The summed E-state index contributed by atoms with van der Waals surface area (Å²) in [6, 6.07) is 9.63. The van der Waals surface area contributed by atoms with Crippen LogP contribution >= 0.6 is 15.9 Å². The molecule has 1 unspecified atom stereocenters. The van der Waals surface area contributed by atoms with Crippen molar-refractivity contribution < 1.29 is 18.8 Å². The van der Waals surface area contributed by atoms with Crippen molar-refractivity contribution in [2.75, 3.05) is 11.9 Å². The van der Waals surface area contributed by atoms with E-state index in [-0.39, 0.29) is 23.9 Å².